The molecule has 0 N–H and O–H groups in total. The van der Waals surface area contributed by atoms with Gasteiger partial charge < -0.3 is 4.74 Å². The Kier molecular flexibility index (Phi) is 4.90. The molecule has 0 aromatic carbocycles. The second-order valence-electron chi connectivity index (χ2n) is 4.08. The lowest BCUT2D eigenvalue weighted by molar-refractivity contribution is -0.0757. The minimum absolute atomic E-state index is 0.240. The van der Waals surface area contributed by atoms with E-state index in [0.29, 0.717) is 24.0 Å². The van der Waals surface area contributed by atoms with Crippen LogP contribution < -0.4 is 4.74 Å². The number of hydrogen-bond acceptors (Lipinski definition) is 4. The molecule has 0 saturated carbocycles. The summed E-state index contributed by atoms with van der Waals surface area (Å²) in [5.74, 6) is 0.725. The van der Waals surface area contributed by atoms with Crippen LogP contribution in [-0.2, 0) is 4.84 Å². The molecule has 0 radical (unpaired) electrons. The molecule has 17 heavy (non-hydrogen) atoms. The molecular formula is C12H18N2O3. The zero-order valence-electron chi connectivity index (χ0n) is 10.6. The maximum atomic E-state index is 11.7. The van der Waals surface area contributed by atoms with Crippen molar-refractivity contribution < 1.29 is 14.4 Å². The van der Waals surface area contributed by atoms with Crippen molar-refractivity contribution in [3.8, 4) is 5.88 Å². The van der Waals surface area contributed by atoms with Crippen LogP contribution in [0.4, 0.5) is 0 Å². The molecule has 0 aliphatic heterocycles. The molecule has 0 aliphatic carbocycles. The number of amides is 1. The van der Waals surface area contributed by atoms with Gasteiger partial charge in [0.2, 0.25) is 5.88 Å². The monoisotopic (exact) mass is 238 g/mol. The molecule has 1 amide bonds. The van der Waals surface area contributed by atoms with Gasteiger partial charge in [0.05, 0.1) is 19.3 Å². The maximum Gasteiger partial charge on any atom is 0.278 e. The van der Waals surface area contributed by atoms with E-state index in [0.717, 1.165) is 5.06 Å². The lowest BCUT2D eigenvalue weighted by Gasteiger charge is -2.13. The number of hydrogen-bond donors (Lipinski definition) is 0. The summed E-state index contributed by atoms with van der Waals surface area (Å²) in [4.78, 5) is 20.5. The third kappa shape index (κ3) is 4.03. The Labute approximate surface area is 101 Å². The van der Waals surface area contributed by atoms with Crippen LogP contribution in [0.1, 0.15) is 24.2 Å². The average Bonchev–Trinajstić information content (AvgIpc) is 2.35. The van der Waals surface area contributed by atoms with Crippen LogP contribution in [0.25, 0.3) is 0 Å². The summed E-state index contributed by atoms with van der Waals surface area (Å²) in [6.07, 6.45) is 1.48. The Hall–Kier alpha value is -1.62. The molecule has 0 bridgehead atoms. The molecule has 1 heterocycles. The summed E-state index contributed by atoms with van der Waals surface area (Å²) in [5, 5.41) is 1.14. The first kappa shape index (κ1) is 13.4. The van der Waals surface area contributed by atoms with Gasteiger partial charge in [0.25, 0.3) is 5.91 Å². The first-order chi connectivity index (χ1) is 8.04. The average molecular weight is 238 g/mol. The van der Waals surface area contributed by atoms with Gasteiger partial charge in [-0.1, -0.05) is 13.8 Å². The quantitative estimate of drug-likeness (QED) is 0.733. The summed E-state index contributed by atoms with van der Waals surface area (Å²) < 4.78 is 5.42. The largest absolute Gasteiger partial charge is 0.477 e. The van der Waals surface area contributed by atoms with Crippen LogP contribution in [0.5, 0.6) is 5.88 Å². The van der Waals surface area contributed by atoms with Crippen LogP contribution >= 0.6 is 0 Å². The van der Waals surface area contributed by atoms with Crippen LogP contribution in [0.2, 0.25) is 0 Å². The van der Waals surface area contributed by atoms with Crippen molar-refractivity contribution in [2.75, 3.05) is 20.8 Å². The summed E-state index contributed by atoms with van der Waals surface area (Å²) in [6.45, 7) is 4.73. The fourth-order valence-electron chi connectivity index (χ4n) is 1.11. The third-order valence-electron chi connectivity index (χ3n) is 2.11. The standard InChI is InChI=1S/C12H18N2O3/c1-9(2)8-17-11-6-5-10(7-13-11)12(15)14(3)16-4/h5-7,9H,8H2,1-4H3. The highest BCUT2D eigenvalue weighted by Gasteiger charge is 2.11. The number of nitrogens with zero attached hydrogens (tertiary/aromatic N) is 2. The fraction of sp³-hybridized carbons (Fsp3) is 0.500. The maximum absolute atomic E-state index is 11.7. The molecule has 0 atom stereocenters. The topological polar surface area (TPSA) is 51.7 Å². The minimum Gasteiger partial charge on any atom is -0.477 e. The van der Waals surface area contributed by atoms with Crippen molar-refractivity contribution >= 4 is 5.91 Å². The van der Waals surface area contributed by atoms with Gasteiger partial charge in [-0.25, -0.2) is 10.0 Å². The van der Waals surface area contributed by atoms with Crippen molar-refractivity contribution in [3.63, 3.8) is 0 Å². The second-order valence-corrected chi connectivity index (χ2v) is 4.08. The zero-order chi connectivity index (χ0) is 12.8. The molecule has 0 spiro atoms. The number of rotatable bonds is 5. The lowest BCUT2D eigenvalue weighted by Crippen LogP contribution is -2.25. The number of pyridine rings is 1. The summed E-state index contributed by atoms with van der Waals surface area (Å²) in [7, 11) is 2.98. The van der Waals surface area contributed by atoms with Crippen molar-refractivity contribution in [2.45, 2.75) is 13.8 Å². The predicted octanol–water partition coefficient (Wildman–Crippen LogP) is 1.75. The SMILES string of the molecule is CON(C)C(=O)c1ccc(OCC(C)C)nc1. The Morgan fingerprint density at radius 1 is 1.47 bits per heavy atom. The van der Waals surface area contributed by atoms with Gasteiger partial charge in [-0.2, -0.15) is 0 Å². The number of aromatic nitrogens is 1. The molecule has 0 saturated heterocycles. The van der Waals surface area contributed by atoms with Gasteiger partial charge in [0.1, 0.15) is 0 Å². The van der Waals surface area contributed by atoms with Crippen LogP contribution in [0.3, 0.4) is 0 Å². The first-order valence-corrected chi connectivity index (χ1v) is 5.45. The van der Waals surface area contributed by atoms with E-state index in [1.165, 1.54) is 13.3 Å². The zero-order valence-corrected chi connectivity index (χ0v) is 10.6. The highest BCUT2D eigenvalue weighted by Crippen LogP contribution is 2.10. The van der Waals surface area contributed by atoms with Gasteiger partial charge >= 0.3 is 0 Å². The first-order valence-electron chi connectivity index (χ1n) is 5.45. The number of carbonyl (C=O) groups excluding carboxylic acids is 1. The van der Waals surface area contributed by atoms with E-state index < -0.39 is 0 Å². The molecule has 0 aliphatic rings. The predicted molar refractivity (Wildman–Crippen MR) is 63.7 cm³/mol. The third-order valence-corrected chi connectivity index (χ3v) is 2.11. The van der Waals surface area contributed by atoms with Crippen molar-refractivity contribution in [2.24, 2.45) is 5.92 Å². The van der Waals surface area contributed by atoms with E-state index >= 15 is 0 Å². The van der Waals surface area contributed by atoms with Crippen molar-refractivity contribution in [1.29, 1.82) is 0 Å². The second kappa shape index (κ2) is 6.20. The van der Waals surface area contributed by atoms with Gasteiger partial charge in [0, 0.05) is 19.3 Å². The van der Waals surface area contributed by atoms with Gasteiger partial charge in [-0.3, -0.25) is 9.63 Å². The molecular weight excluding hydrogens is 220 g/mol. The van der Waals surface area contributed by atoms with Crippen molar-refractivity contribution in [1.82, 2.24) is 10.0 Å². The Bertz CT molecular complexity index is 363. The molecule has 1 aromatic heterocycles. The van der Waals surface area contributed by atoms with Crippen molar-refractivity contribution in [3.05, 3.63) is 23.9 Å². The molecule has 0 unspecified atom stereocenters. The van der Waals surface area contributed by atoms with E-state index in [1.54, 1.807) is 19.2 Å². The summed E-state index contributed by atoms with van der Waals surface area (Å²) >= 11 is 0. The fourth-order valence-corrected chi connectivity index (χ4v) is 1.11. The number of ether oxygens (including phenoxy) is 1. The van der Waals surface area contributed by atoms with E-state index in [1.807, 2.05) is 0 Å². The van der Waals surface area contributed by atoms with Gasteiger partial charge in [-0.05, 0) is 12.0 Å². The molecule has 5 nitrogen and oxygen atoms in total. The van der Waals surface area contributed by atoms with E-state index in [-0.39, 0.29) is 5.91 Å². The Balaban J connectivity index is 2.64. The van der Waals surface area contributed by atoms with Crippen LogP contribution in [0.15, 0.2) is 18.3 Å². The number of carbonyl (C=O) groups is 1. The molecule has 5 heteroatoms. The normalized spacial score (nSPS) is 10.4. The Morgan fingerprint density at radius 2 is 2.18 bits per heavy atom. The minimum atomic E-state index is -0.240. The van der Waals surface area contributed by atoms with Crippen LogP contribution in [-0.4, -0.2) is 36.7 Å². The van der Waals surface area contributed by atoms with E-state index in [9.17, 15) is 4.79 Å². The molecule has 1 rings (SSSR count). The lowest BCUT2D eigenvalue weighted by atomic mass is 10.2. The van der Waals surface area contributed by atoms with Gasteiger partial charge in [0.15, 0.2) is 0 Å². The highest BCUT2D eigenvalue weighted by molar-refractivity contribution is 5.93. The summed E-state index contributed by atoms with van der Waals surface area (Å²) in [6, 6.07) is 3.35. The smallest absolute Gasteiger partial charge is 0.278 e. The van der Waals surface area contributed by atoms with Crippen LogP contribution in [0, 0.1) is 5.92 Å². The molecule has 1 aromatic rings. The molecule has 0 fully saturated rings. The number of hydroxylamine groups is 2. The molecule has 94 valence electrons. The van der Waals surface area contributed by atoms with E-state index in [2.05, 4.69) is 18.8 Å². The van der Waals surface area contributed by atoms with E-state index in [4.69, 9.17) is 9.57 Å². The highest BCUT2D eigenvalue weighted by atomic mass is 16.7. The summed E-state index contributed by atoms with van der Waals surface area (Å²) in [5.41, 5.74) is 0.464. The Morgan fingerprint density at radius 3 is 2.65 bits per heavy atom. The van der Waals surface area contributed by atoms with Gasteiger partial charge in [-0.15, -0.1) is 0 Å².